The fraction of sp³-hybridized carbons (Fsp3) is 0.364. The second kappa shape index (κ2) is 4.53. The van der Waals surface area contributed by atoms with Crippen molar-refractivity contribution in [2.45, 2.75) is 26.2 Å². The van der Waals surface area contributed by atoms with Crippen LogP contribution in [0.25, 0.3) is 0 Å². The average molecular weight is 230 g/mol. The van der Waals surface area contributed by atoms with Crippen molar-refractivity contribution in [1.29, 1.82) is 0 Å². The highest BCUT2D eigenvalue weighted by Gasteiger charge is 2.18. The van der Waals surface area contributed by atoms with Crippen LogP contribution in [0.2, 0.25) is 0 Å². The van der Waals surface area contributed by atoms with Gasteiger partial charge in [0.05, 0.1) is 5.56 Å². The molecule has 0 unspecified atom stereocenters. The van der Waals surface area contributed by atoms with Crippen LogP contribution in [0, 0.1) is 0 Å². The molecule has 0 radical (unpaired) electrons. The van der Waals surface area contributed by atoms with Crippen molar-refractivity contribution in [2.24, 2.45) is 0 Å². The van der Waals surface area contributed by atoms with Crippen LogP contribution in [0.5, 0.6) is 0 Å². The lowest BCUT2D eigenvalue weighted by molar-refractivity contribution is 0.0697. The molecule has 1 rings (SSSR count). The van der Waals surface area contributed by atoms with Crippen molar-refractivity contribution in [1.82, 2.24) is 0 Å². The predicted octanol–water partition coefficient (Wildman–Crippen LogP) is 2.69. The molecule has 0 bridgehead atoms. The zero-order chi connectivity index (χ0) is 10.9. The fourth-order valence-electron chi connectivity index (χ4n) is 1.34. The molecular formula is C11H16ClNO2. The van der Waals surface area contributed by atoms with E-state index in [9.17, 15) is 4.79 Å². The van der Waals surface area contributed by atoms with Gasteiger partial charge in [-0.2, -0.15) is 0 Å². The van der Waals surface area contributed by atoms with E-state index in [0.29, 0.717) is 5.69 Å². The summed E-state index contributed by atoms with van der Waals surface area (Å²) in [5, 5.41) is 8.83. The number of halogens is 1. The first-order valence-corrected chi connectivity index (χ1v) is 4.45. The van der Waals surface area contributed by atoms with Crippen LogP contribution in [-0.4, -0.2) is 11.1 Å². The molecule has 84 valence electrons. The minimum absolute atomic E-state index is 0. The zero-order valence-electron chi connectivity index (χ0n) is 9.07. The van der Waals surface area contributed by atoms with Crippen LogP contribution in [-0.2, 0) is 5.41 Å². The van der Waals surface area contributed by atoms with Crippen molar-refractivity contribution in [3.8, 4) is 0 Å². The highest BCUT2D eigenvalue weighted by Crippen LogP contribution is 2.28. The monoisotopic (exact) mass is 229 g/mol. The lowest BCUT2D eigenvalue weighted by Gasteiger charge is -2.21. The lowest BCUT2D eigenvalue weighted by atomic mass is 9.85. The summed E-state index contributed by atoms with van der Waals surface area (Å²) in [5.74, 6) is -0.921. The van der Waals surface area contributed by atoms with E-state index in [0.717, 1.165) is 5.56 Å². The van der Waals surface area contributed by atoms with Gasteiger partial charge in [0.1, 0.15) is 0 Å². The molecule has 0 aliphatic carbocycles. The molecule has 0 saturated carbocycles. The summed E-state index contributed by atoms with van der Waals surface area (Å²) in [6.07, 6.45) is 0. The lowest BCUT2D eigenvalue weighted by Crippen LogP contribution is -2.15. The van der Waals surface area contributed by atoms with Gasteiger partial charge in [0.2, 0.25) is 0 Å². The first-order valence-electron chi connectivity index (χ1n) is 4.45. The van der Waals surface area contributed by atoms with E-state index in [1.54, 1.807) is 12.1 Å². The Kier molecular flexibility index (Phi) is 4.16. The smallest absolute Gasteiger partial charge is 0.335 e. The summed E-state index contributed by atoms with van der Waals surface area (Å²) in [5.41, 5.74) is 7.45. The van der Waals surface area contributed by atoms with E-state index in [-0.39, 0.29) is 23.4 Å². The number of carboxylic acids is 1. The van der Waals surface area contributed by atoms with Crippen LogP contribution in [0.3, 0.4) is 0 Å². The van der Waals surface area contributed by atoms with Crippen LogP contribution in [0.4, 0.5) is 5.69 Å². The minimum atomic E-state index is -0.921. The van der Waals surface area contributed by atoms with Gasteiger partial charge in [-0.1, -0.05) is 20.8 Å². The molecule has 0 heterocycles. The number of nitrogens with two attached hydrogens (primary N) is 1. The Morgan fingerprint density at radius 1 is 1.33 bits per heavy atom. The number of carboxylic acid groups (broad SMARTS) is 1. The summed E-state index contributed by atoms with van der Waals surface area (Å²) in [6.45, 7) is 6.01. The summed E-state index contributed by atoms with van der Waals surface area (Å²) < 4.78 is 0. The Hall–Kier alpha value is -1.22. The molecule has 0 aromatic heterocycles. The van der Waals surface area contributed by atoms with E-state index in [1.165, 1.54) is 6.07 Å². The quantitative estimate of drug-likeness (QED) is 0.728. The largest absolute Gasteiger partial charge is 0.478 e. The van der Waals surface area contributed by atoms with E-state index < -0.39 is 5.97 Å². The molecule has 0 aliphatic rings. The number of nitrogen functional groups attached to an aromatic ring is 1. The third-order valence-electron chi connectivity index (χ3n) is 2.11. The third-order valence-corrected chi connectivity index (χ3v) is 2.11. The maximum Gasteiger partial charge on any atom is 0.335 e. The van der Waals surface area contributed by atoms with Gasteiger partial charge in [-0.3, -0.25) is 0 Å². The van der Waals surface area contributed by atoms with E-state index in [1.807, 2.05) is 20.8 Å². The Morgan fingerprint density at radius 2 is 1.87 bits per heavy atom. The molecule has 1 aromatic carbocycles. The third kappa shape index (κ3) is 3.13. The van der Waals surface area contributed by atoms with Crippen LogP contribution in [0.1, 0.15) is 36.7 Å². The standard InChI is InChI=1S/C11H15NO2.ClH/c1-11(2,3)8-6-7(10(13)14)4-5-9(8)12;/h4-6H,12H2,1-3H3,(H,13,14);1H. The first-order chi connectivity index (χ1) is 6.32. The molecule has 0 atom stereocenters. The van der Waals surface area contributed by atoms with Crippen molar-refractivity contribution in [3.05, 3.63) is 29.3 Å². The molecule has 0 aliphatic heterocycles. The average Bonchev–Trinajstić information content (AvgIpc) is 2.02. The normalized spacial score (nSPS) is 10.6. The Labute approximate surface area is 95.7 Å². The van der Waals surface area contributed by atoms with Gasteiger partial charge in [-0.25, -0.2) is 4.79 Å². The van der Waals surface area contributed by atoms with Crippen molar-refractivity contribution in [2.75, 3.05) is 5.73 Å². The maximum atomic E-state index is 10.8. The van der Waals surface area contributed by atoms with Crippen LogP contribution < -0.4 is 5.73 Å². The minimum Gasteiger partial charge on any atom is -0.478 e. The van der Waals surface area contributed by atoms with Gasteiger partial charge in [-0.05, 0) is 29.2 Å². The molecule has 3 N–H and O–H groups in total. The summed E-state index contributed by atoms with van der Waals surface area (Å²) in [6, 6.07) is 4.80. The molecule has 3 nitrogen and oxygen atoms in total. The second-order valence-electron chi connectivity index (χ2n) is 4.36. The van der Waals surface area contributed by atoms with Gasteiger partial charge >= 0.3 is 5.97 Å². The second-order valence-corrected chi connectivity index (χ2v) is 4.36. The molecule has 1 aromatic rings. The highest BCUT2D eigenvalue weighted by molar-refractivity contribution is 5.88. The first kappa shape index (κ1) is 13.8. The Balaban J connectivity index is 0.00000196. The van der Waals surface area contributed by atoms with Gasteiger partial charge in [0.15, 0.2) is 0 Å². The van der Waals surface area contributed by atoms with Crippen molar-refractivity contribution < 1.29 is 9.90 Å². The van der Waals surface area contributed by atoms with Crippen LogP contribution in [0.15, 0.2) is 18.2 Å². The molecule has 0 fully saturated rings. The number of anilines is 1. The number of rotatable bonds is 1. The highest BCUT2D eigenvalue weighted by atomic mass is 35.5. The van der Waals surface area contributed by atoms with Crippen molar-refractivity contribution in [3.63, 3.8) is 0 Å². The van der Waals surface area contributed by atoms with E-state index >= 15 is 0 Å². The number of hydrogen-bond donors (Lipinski definition) is 2. The van der Waals surface area contributed by atoms with E-state index in [4.69, 9.17) is 10.8 Å². The summed E-state index contributed by atoms with van der Waals surface area (Å²) in [4.78, 5) is 10.8. The Morgan fingerprint density at radius 3 is 2.27 bits per heavy atom. The van der Waals surface area contributed by atoms with Crippen molar-refractivity contribution >= 4 is 24.1 Å². The molecular weight excluding hydrogens is 214 g/mol. The van der Waals surface area contributed by atoms with E-state index in [2.05, 4.69) is 0 Å². The molecule has 4 heteroatoms. The summed E-state index contributed by atoms with van der Waals surface area (Å²) >= 11 is 0. The predicted molar refractivity (Wildman–Crippen MR) is 63.8 cm³/mol. The van der Waals surface area contributed by atoms with Crippen LogP contribution >= 0.6 is 12.4 Å². The maximum absolute atomic E-state index is 10.8. The zero-order valence-corrected chi connectivity index (χ0v) is 9.89. The number of benzene rings is 1. The Bertz CT molecular complexity index is 369. The van der Waals surface area contributed by atoms with Gasteiger partial charge in [0.25, 0.3) is 0 Å². The fourth-order valence-corrected chi connectivity index (χ4v) is 1.34. The molecule has 0 amide bonds. The number of hydrogen-bond acceptors (Lipinski definition) is 2. The van der Waals surface area contributed by atoms with Gasteiger partial charge in [-0.15, -0.1) is 12.4 Å². The number of carbonyl (C=O) groups is 1. The topological polar surface area (TPSA) is 63.3 Å². The number of aromatic carboxylic acids is 1. The summed E-state index contributed by atoms with van der Waals surface area (Å²) in [7, 11) is 0. The van der Waals surface area contributed by atoms with Gasteiger partial charge < -0.3 is 10.8 Å². The molecule has 0 spiro atoms. The molecule has 15 heavy (non-hydrogen) atoms. The SMILES string of the molecule is CC(C)(C)c1cc(C(=O)O)ccc1N.Cl. The van der Waals surface area contributed by atoms with Gasteiger partial charge in [0, 0.05) is 5.69 Å². The molecule has 0 saturated heterocycles.